The molecule has 1 aromatic rings. The van der Waals surface area contributed by atoms with Gasteiger partial charge in [0.2, 0.25) is 0 Å². The molecular formula is C10H14N4O3. The summed E-state index contributed by atoms with van der Waals surface area (Å²) in [5.41, 5.74) is 0.241. The summed E-state index contributed by atoms with van der Waals surface area (Å²) in [5.74, 6) is -0.269. The van der Waals surface area contributed by atoms with E-state index in [9.17, 15) is 14.9 Å². The van der Waals surface area contributed by atoms with E-state index in [1.165, 1.54) is 16.8 Å². The molecule has 0 spiro atoms. The van der Waals surface area contributed by atoms with Gasteiger partial charge in [-0.3, -0.25) is 14.9 Å². The Bertz CT molecular complexity index is 448. The van der Waals surface area contributed by atoms with E-state index in [0.29, 0.717) is 5.69 Å². The minimum absolute atomic E-state index is 0.0674. The maximum Gasteiger partial charge on any atom is 0.287 e. The SMILES string of the molecule is Cn1cc([N+](=O)[O-])cc1C(=O)N[C@@H]1CCNC1. The first-order chi connectivity index (χ1) is 8.08. The topological polar surface area (TPSA) is 89.2 Å². The Labute approximate surface area is 97.9 Å². The smallest absolute Gasteiger partial charge is 0.287 e. The zero-order chi connectivity index (χ0) is 12.4. The summed E-state index contributed by atoms with van der Waals surface area (Å²) >= 11 is 0. The van der Waals surface area contributed by atoms with Crippen LogP contribution in [0.15, 0.2) is 12.3 Å². The number of aromatic nitrogens is 1. The highest BCUT2D eigenvalue weighted by Crippen LogP contribution is 2.15. The Morgan fingerprint density at radius 2 is 2.47 bits per heavy atom. The summed E-state index contributed by atoms with van der Waals surface area (Å²) in [6.07, 6.45) is 2.22. The van der Waals surface area contributed by atoms with E-state index in [1.54, 1.807) is 7.05 Å². The number of aryl methyl sites for hydroxylation is 1. The van der Waals surface area contributed by atoms with Crippen LogP contribution in [0.5, 0.6) is 0 Å². The fourth-order valence-corrected chi connectivity index (χ4v) is 1.91. The van der Waals surface area contributed by atoms with Crippen molar-refractivity contribution in [2.24, 2.45) is 7.05 Å². The molecule has 0 aliphatic carbocycles. The summed E-state index contributed by atoms with van der Waals surface area (Å²) in [4.78, 5) is 22.0. The standard InChI is InChI=1S/C10H14N4O3/c1-13-6-8(14(16)17)4-9(13)10(15)12-7-2-3-11-5-7/h4,6-7,11H,2-3,5H2,1H3,(H,12,15)/t7-/m1/s1. The second-order valence-electron chi connectivity index (χ2n) is 4.11. The van der Waals surface area contributed by atoms with E-state index in [-0.39, 0.29) is 17.6 Å². The minimum atomic E-state index is -0.506. The molecule has 7 nitrogen and oxygen atoms in total. The molecule has 1 saturated heterocycles. The van der Waals surface area contributed by atoms with Crippen molar-refractivity contribution in [1.29, 1.82) is 0 Å². The van der Waals surface area contributed by atoms with Crippen LogP contribution in [0.4, 0.5) is 5.69 Å². The third-order valence-corrected chi connectivity index (χ3v) is 2.83. The molecule has 0 radical (unpaired) electrons. The Morgan fingerprint density at radius 1 is 1.71 bits per heavy atom. The number of nitro groups is 1. The van der Waals surface area contributed by atoms with E-state index in [2.05, 4.69) is 10.6 Å². The Hall–Kier alpha value is -1.89. The van der Waals surface area contributed by atoms with Gasteiger partial charge < -0.3 is 15.2 Å². The molecule has 2 N–H and O–H groups in total. The van der Waals surface area contributed by atoms with Crippen LogP contribution in [0.25, 0.3) is 0 Å². The van der Waals surface area contributed by atoms with Gasteiger partial charge in [0.05, 0.1) is 11.1 Å². The molecule has 2 rings (SSSR count). The van der Waals surface area contributed by atoms with Gasteiger partial charge >= 0.3 is 0 Å². The summed E-state index contributed by atoms with van der Waals surface area (Å²) in [6, 6.07) is 1.40. The van der Waals surface area contributed by atoms with Crippen LogP contribution in [-0.4, -0.2) is 34.5 Å². The van der Waals surface area contributed by atoms with Crippen LogP contribution in [-0.2, 0) is 7.05 Å². The van der Waals surface area contributed by atoms with Gasteiger partial charge in [-0.2, -0.15) is 0 Å². The maximum absolute atomic E-state index is 11.9. The second kappa shape index (κ2) is 4.54. The predicted octanol–water partition coefficient (Wildman–Crippen LogP) is 0.0250. The van der Waals surface area contributed by atoms with Crippen molar-refractivity contribution < 1.29 is 9.72 Å². The lowest BCUT2D eigenvalue weighted by Crippen LogP contribution is -2.37. The molecule has 1 atom stereocenters. The lowest BCUT2D eigenvalue weighted by atomic mass is 10.2. The third-order valence-electron chi connectivity index (χ3n) is 2.83. The van der Waals surface area contributed by atoms with E-state index in [0.717, 1.165) is 19.5 Å². The minimum Gasteiger partial charge on any atom is -0.347 e. The van der Waals surface area contributed by atoms with Crippen molar-refractivity contribution in [3.63, 3.8) is 0 Å². The molecule has 1 aliphatic rings. The highest BCUT2D eigenvalue weighted by molar-refractivity contribution is 5.93. The van der Waals surface area contributed by atoms with E-state index >= 15 is 0 Å². The van der Waals surface area contributed by atoms with Crippen LogP contribution in [0.1, 0.15) is 16.9 Å². The van der Waals surface area contributed by atoms with Crippen LogP contribution >= 0.6 is 0 Å². The van der Waals surface area contributed by atoms with Gasteiger partial charge in [0.1, 0.15) is 5.69 Å². The molecule has 2 heterocycles. The molecule has 1 aromatic heterocycles. The predicted molar refractivity (Wildman–Crippen MR) is 60.8 cm³/mol. The van der Waals surface area contributed by atoms with Gasteiger partial charge in [0, 0.05) is 25.7 Å². The Morgan fingerprint density at radius 3 is 3.00 bits per heavy atom. The van der Waals surface area contributed by atoms with Gasteiger partial charge in [0.25, 0.3) is 11.6 Å². The largest absolute Gasteiger partial charge is 0.347 e. The van der Waals surface area contributed by atoms with Crippen molar-refractivity contribution in [3.8, 4) is 0 Å². The normalized spacial score (nSPS) is 19.2. The summed E-state index contributed by atoms with van der Waals surface area (Å²) < 4.78 is 1.47. The van der Waals surface area contributed by atoms with Crippen LogP contribution in [0, 0.1) is 10.1 Å². The van der Waals surface area contributed by atoms with Gasteiger partial charge in [-0.25, -0.2) is 0 Å². The van der Waals surface area contributed by atoms with Crippen LogP contribution in [0.3, 0.4) is 0 Å². The molecule has 0 unspecified atom stereocenters. The van der Waals surface area contributed by atoms with Crippen molar-refractivity contribution in [1.82, 2.24) is 15.2 Å². The van der Waals surface area contributed by atoms with Crippen LogP contribution in [0.2, 0.25) is 0 Å². The second-order valence-corrected chi connectivity index (χ2v) is 4.11. The molecule has 0 aromatic carbocycles. The number of amides is 1. The molecule has 1 aliphatic heterocycles. The fraction of sp³-hybridized carbons (Fsp3) is 0.500. The number of hydrogen-bond donors (Lipinski definition) is 2. The summed E-state index contributed by atoms with van der Waals surface area (Å²) in [7, 11) is 1.62. The van der Waals surface area contributed by atoms with Gasteiger partial charge in [-0.05, 0) is 13.0 Å². The number of hydrogen-bond acceptors (Lipinski definition) is 4. The lowest BCUT2D eigenvalue weighted by molar-refractivity contribution is -0.384. The van der Waals surface area contributed by atoms with Crippen molar-refractivity contribution in [2.75, 3.05) is 13.1 Å². The van der Waals surface area contributed by atoms with Gasteiger partial charge in [-0.1, -0.05) is 0 Å². The molecule has 92 valence electrons. The molecule has 1 amide bonds. The van der Waals surface area contributed by atoms with Crippen molar-refractivity contribution in [2.45, 2.75) is 12.5 Å². The first-order valence-corrected chi connectivity index (χ1v) is 5.40. The van der Waals surface area contributed by atoms with Gasteiger partial charge in [-0.15, -0.1) is 0 Å². The lowest BCUT2D eigenvalue weighted by Gasteiger charge is -2.11. The number of carbonyl (C=O) groups is 1. The quantitative estimate of drug-likeness (QED) is 0.574. The zero-order valence-corrected chi connectivity index (χ0v) is 9.47. The number of nitrogens with one attached hydrogen (secondary N) is 2. The van der Waals surface area contributed by atoms with Crippen molar-refractivity contribution in [3.05, 3.63) is 28.1 Å². The third kappa shape index (κ3) is 2.44. The molecule has 17 heavy (non-hydrogen) atoms. The fourth-order valence-electron chi connectivity index (χ4n) is 1.91. The zero-order valence-electron chi connectivity index (χ0n) is 9.47. The summed E-state index contributed by atoms with van der Waals surface area (Å²) in [5, 5.41) is 16.6. The molecular weight excluding hydrogens is 224 g/mol. The van der Waals surface area contributed by atoms with Gasteiger partial charge in [0.15, 0.2) is 0 Å². The molecule has 0 saturated carbocycles. The van der Waals surface area contributed by atoms with E-state index in [1.807, 2.05) is 0 Å². The Kier molecular flexibility index (Phi) is 3.10. The maximum atomic E-state index is 11.9. The summed E-state index contributed by atoms with van der Waals surface area (Å²) in [6.45, 7) is 1.64. The average Bonchev–Trinajstić information content (AvgIpc) is 2.86. The van der Waals surface area contributed by atoms with Crippen LogP contribution < -0.4 is 10.6 Å². The number of rotatable bonds is 3. The average molecular weight is 238 g/mol. The van der Waals surface area contributed by atoms with E-state index in [4.69, 9.17) is 0 Å². The number of carbonyl (C=O) groups excluding carboxylic acids is 1. The monoisotopic (exact) mass is 238 g/mol. The first kappa shape index (κ1) is 11.6. The number of nitrogens with zero attached hydrogens (tertiary/aromatic N) is 2. The Balaban J connectivity index is 2.10. The van der Waals surface area contributed by atoms with E-state index < -0.39 is 4.92 Å². The molecule has 7 heteroatoms. The highest BCUT2D eigenvalue weighted by Gasteiger charge is 2.21. The first-order valence-electron chi connectivity index (χ1n) is 5.40. The van der Waals surface area contributed by atoms with Crippen molar-refractivity contribution >= 4 is 11.6 Å². The molecule has 1 fully saturated rings. The highest BCUT2D eigenvalue weighted by atomic mass is 16.6. The molecule has 0 bridgehead atoms.